The zero-order valence-electron chi connectivity index (χ0n) is 11.1. The third-order valence-electron chi connectivity index (χ3n) is 4.84. The Morgan fingerprint density at radius 2 is 1.75 bits per heavy atom. The first-order chi connectivity index (χ1) is 9.67. The first kappa shape index (κ1) is 12.5. The van der Waals surface area contributed by atoms with Crippen LogP contribution < -0.4 is 0 Å². The van der Waals surface area contributed by atoms with E-state index in [2.05, 4.69) is 0 Å². The molecule has 2 fully saturated rings. The molecule has 2 nitrogen and oxygen atoms in total. The summed E-state index contributed by atoms with van der Waals surface area (Å²) in [4.78, 5) is 0. The summed E-state index contributed by atoms with van der Waals surface area (Å²) in [5.74, 6) is -2.08. The van der Waals surface area contributed by atoms with Crippen molar-refractivity contribution in [2.75, 3.05) is 13.2 Å². The van der Waals surface area contributed by atoms with Gasteiger partial charge in [-0.3, -0.25) is 0 Å². The Balaban J connectivity index is 1.84. The highest BCUT2D eigenvalue weighted by Crippen LogP contribution is 2.58. The van der Waals surface area contributed by atoms with Crippen LogP contribution in [0.25, 0.3) is 5.83 Å². The third kappa shape index (κ3) is 1.49. The molecule has 0 N–H and O–H groups in total. The molecule has 1 aliphatic heterocycles. The van der Waals surface area contributed by atoms with E-state index in [9.17, 15) is 8.78 Å². The van der Waals surface area contributed by atoms with Gasteiger partial charge in [0.05, 0.1) is 18.6 Å². The molecule has 3 aliphatic rings. The van der Waals surface area contributed by atoms with Gasteiger partial charge in [-0.2, -0.15) is 0 Å². The fraction of sp³-hybridized carbons (Fsp3) is 0.500. The third-order valence-corrected chi connectivity index (χ3v) is 4.84. The summed E-state index contributed by atoms with van der Waals surface area (Å²) in [6, 6.07) is 7.06. The summed E-state index contributed by atoms with van der Waals surface area (Å²) in [6.45, 7) is 1.07. The maximum atomic E-state index is 14.7. The molecule has 20 heavy (non-hydrogen) atoms. The molecule has 2 spiro atoms. The predicted molar refractivity (Wildman–Crippen MR) is 70.4 cm³/mol. The summed E-state index contributed by atoms with van der Waals surface area (Å²) in [6.07, 6.45) is 2.51. The first-order valence-corrected chi connectivity index (χ1v) is 7.11. The Kier molecular flexibility index (Phi) is 2.57. The Bertz CT molecular complexity index is 590. The largest absolute Gasteiger partial charge is 0.347 e. The molecule has 0 unspecified atom stereocenters. The van der Waals surface area contributed by atoms with Crippen molar-refractivity contribution in [1.29, 1.82) is 0 Å². The molecule has 1 saturated carbocycles. The van der Waals surface area contributed by atoms with Gasteiger partial charge in [-0.15, -0.1) is 0 Å². The molecule has 0 radical (unpaired) electrons. The normalized spacial score (nSPS) is 31.3. The maximum Gasteiger partial charge on any atom is 0.169 e. The number of rotatable bonds is 0. The Morgan fingerprint density at radius 1 is 1.00 bits per heavy atom. The summed E-state index contributed by atoms with van der Waals surface area (Å²) < 4.78 is 40.4. The summed E-state index contributed by atoms with van der Waals surface area (Å²) in [5, 5.41) is 0. The molecular formula is C16H16F2O2. The van der Waals surface area contributed by atoms with E-state index in [1.165, 1.54) is 0 Å². The predicted octanol–water partition coefficient (Wildman–Crippen LogP) is 3.86. The topological polar surface area (TPSA) is 18.5 Å². The lowest BCUT2D eigenvalue weighted by Gasteiger charge is -2.43. The number of hydrogen-bond acceptors (Lipinski definition) is 2. The van der Waals surface area contributed by atoms with E-state index < -0.39 is 22.9 Å². The molecule has 1 saturated heterocycles. The van der Waals surface area contributed by atoms with Crippen LogP contribution in [-0.4, -0.2) is 19.0 Å². The van der Waals surface area contributed by atoms with E-state index in [0.717, 1.165) is 18.4 Å². The number of ether oxygens (including phenoxy) is 2. The van der Waals surface area contributed by atoms with Crippen LogP contribution in [-0.2, 0) is 14.9 Å². The Morgan fingerprint density at radius 3 is 2.55 bits per heavy atom. The lowest BCUT2D eigenvalue weighted by molar-refractivity contribution is -0.189. The average molecular weight is 278 g/mol. The van der Waals surface area contributed by atoms with Crippen molar-refractivity contribution in [3.63, 3.8) is 0 Å². The van der Waals surface area contributed by atoms with Crippen LogP contribution in [0, 0.1) is 0 Å². The highest BCUT2D eigenvalue weighted by atomic mass is 19.2. The lowest BCUT2D eigenvalue weighted by atomic mass is 9.68. The van der Waals surface area contributed by atoms with E-state index in [-0.39, 0.29) is 0 Å². The Labute approximate surface area is 116 Å². The summed E-state index contributed by atoms with van der Waals surface area (Å²) >= 11 is 0. The van der Waals surface area contributed by atoms with Gasteiger partial charge < -0.3 is 9.47 Å². The molecule has 106 valence electrons. The summed E-state index contributed by atoms with van der Waals surface area (Å²) in [7, 11) is 0. The van der Waals surface area contributed by atoms with Gasteiger partial charge in [0.1, 0.15) is 5.83 Å². The molecule has 2 aliphatic carbocycles. The molecule has 1 heterocycles. The monoisotopic (exact) mass is 278 g/mol. The molecule has 4 rings (SSSR count). The number of halogens is 2. The van der Waals surface area contributed by atoms with Gasteiger partial charge in [-0.25, -0.2) is 8.78 Å². The molecule has 0 amide bonds. The maximum absolute atomic E-state index is 14.7. The van der Waals surface area contributed by atoms with Crippen molar-refractivity contribution in [3.05, 3.63) is 41.2 Å². The van der Waals surface area contributed by atoms with Crippen LogP contribution in [0.4, 0.5) is 8.78 Å². The molecule has 1 atom stereocenters. The van der Waals surface area contributed by atoms with E-state index in [1.54, 1.807) is 12.1 Å². The van der Waals surface area contributed by atoms with E-state index >= 15 is 0 Å². The van der Waals surface area contributed by atoms with Crippen molar-refractivity contribution in [2.45, 2.75) is 36.9 Å². The van der Waals surface area contributed by atoms with Crippen LogP contribution >= 0.6 is 0 Å². The van der Waals surface area contributed by atoms with Crippen molar-refractivity contribution in [2.24, 2.45) is 0 Å². The smallest absolute Gasteiger partial charge is 0.169 e. The fourth-order valence-electron chi connectivity index (χ4n) is 4.00. The van der Waals surface area contributed by atoms with Gasteiger partial charge in [-0.05, 0) is 18.4 Å². The molecule has 0 bridgehead atoms. The highest BCUT2D eigenvalue weighted by molar-refractivity contribution is 5.74. The van der Waals surface area contributed by atoms with Crippen LogP contribution in [0.2, 0.25) is 0 Å². The average Bonchev–Trinajstić information content (AvgIpc) is 2.99. The zero-order valence-corrected chi connectivity index (χ0v) is 11.1. The van der Waals surface area contributed by atoms with Crippen LogP contribution in [0.3, 0.4) is 0 Å². The van der Waals surface area contributed by atoms with Gasteiger partial charge in [0.25, 0.3) is 0 Å². The van der Waals surface area contributed by atoms with Crippen molar-refractivity contribution < 1.29 is 18.3 Å². The van der Waals surface area contributed by atoms with E-state index in [0.29, 0.717) is 31.6 Å². The zero-order chi connectivity index (χ0) is 13.8. The van der Waals surface area contributed by atoms with Crippen LogP contribution in [0.15, 0.2) is 30.1 Å². The second-order valence-electron chi connectivity index (χ2n) is 5.89. The van der Waals surface area contributed by atoms with Crippen molar-refractivity contribution >= 4 is 5.83 Å². The standard InChI is InChI=1S/C16H16F2O2/c17-13-11-4-1-2-5-12(11)15(14(13)18)6-3-7-16(10-15)19-8-9-20-16/h1-2,4-5H,3,6-10H2/t15-/m1/s1. The lowest BCUT2D eigenvalue weighted by Crippen LogP contribution is -2.44. The molecule has 1 aromatic carbocycles. The number of allylic oxidation sites excluding steroid dienone is 1. The SMILES string of the molecule is FC1=C(F)[C@@]2(CCCC3(C2)OCCO3)c2ccccc21. The number of hydrogen-bond donors (Lipinski definition) is 0. The van der Waals surface area contributed by atoms with Crippen LogP contribution in [0.1, 0.15) is 36.8 Å². The minimum absolute atomic E-state index is 0.371. The second-order valence-corrected chi connectivity index (χ2v) is 5.89. The second kappa shape index (κ2) is 4.12. The van der Waals surface area contributed by atoms with Gasteiger partial charge in [0.2, 0.25) is 0 Å². The van der Waals surface area contributed by atoms with Crippen molar-refractivity contribution in [3.8, 4) is 0 Å². The number of benzene rings is 1. The quantitative estimate of drug-likeness (QED) is 0.717. The molecular weight excluding hydrogens is 262 g/mol. The molecule has 0 aromatic heterocycles. The van der Waals surface area contributed by atoms with Gasteiger partial charge in [-0.1, -0.05) is 24.3 Å². The highest BCUT2D eigenvalue weighted by Gasteiger charge is 2.55. The van der Waals surface area contributed by atoms with Gasteiger partial charge in [0.15, 0.2) is 11.6 Å². The Hall–Kier alpha value is -1.26. The minimum Gasteiger partial charge on any atom is -0.347 e. The van der Waals surface area contributed by atoms with E-state index in [4.69, 9.17) is 9.47 Å². The number of fused-ring (bicyclic) bond motifs is 2. The van der Waals surface area contributed by atoms with Gasteiger partial charge in [0, 0.05) is 18.4 Å². The fourth-order valence-corrected chi connectivity index (χ4v) is 4.00. The molecule has 1 aromatic rings. The van der Waals surface area contributed by atoms with Crippen molar-refractivity contribution in [1.82, 2.24) is 0 Å². The molecule has 4 heteroatoms. The van der Waals surface area contributed by atoms with Gasteiger partial charge >= 0.3 is 0 Å². The van der Waals surface area contributed by atoms with Crippen LogP contribution in [0.5, 0.6) is 0 Å². The first-order valence-electron chi connectivity index (χ1n) is 7.11. The minimum atomic E-state index is -0.900. The summed E-state index contributed by atoms with van der Waals surface area (Å²) in [5.41, 5.74) is 0.233. The van der Waals surface area contributed by atoms with E-state index in [1.807, 2.05) is 12.1 Å².